The maximum absolute atomic E-state index is 9.38. The summed E-state index contributed by atoms with van der Waals surface area (Å²) in [4.78, 5) is 0. The summed E-state index contributed by atoms with van der Waals surface area (Å²) in [7, 11) is 0. The molecule has 0 aromatic heterocycles. The minimum Gasteiger partial charge on any atom is -0.506 e. The molecule has 0 saturated carbocycles. The average molecular weight is 253 g/mol. The van der Waals surface area contributed by atoms with Crippen molar-refractivity contribution >= 4 is 0 Å². The molecule has 0 spiro atoms. The Hall–Kier alpha value is -0.940. The van der Waals surface area contributed by atoms with Gasteiger partial charge in [-0.1, -0.05) is 0 Å². The largest absolute Gasteiger partial charge is 0.506 e. The van der Waals surface area contributed by atoms with Gasteiger partial charge in [0.15, 0.2) is 23.7 Å². The second-order valence-corrected chi connectivity index (χ2v) is 3.48. The summed E-state index contributed by atoms with van der Waals surface area (Å²) >= 11 is 0. The summed E-state index contributed by atoms with van der Waals surface area (Å²) in [5.41, 5.74) is 0. The standard InChI is InChI=1S/C8H13O9/c9-1-2(10)3(11)4-5(12)8(15,16)6(13)7(14)17-4/h2,5-6,9-16H,1H2/b4-3-. The normalized spacial score (nSPS) is 34.1. The molecular weight excluding hydrogens is 240 g/mol. The molecule has 8 N–H and O–H groups in total. The van der Waals surface area contributed by atoms with Crippen LogP contribution in [0.1, 0.15) is 0 Å². The van der Waals surface area contributed by atoms with E-state index in [1.54, 1.807) is 0 Å². The predicted octanol–water partition coefficient (Wildman–Crippen LogP) is -3.60. The smallest absolute Gasteiger partial charge is 0.309 e. The first-order chi connectivity index (χ1) is 7.73. The topological polar surface area (TPSA) is 171 Å². The zero-order valence-electron chi connectivity index (χ0n) is 8.43. The molecule has 1 radical (unpaired) electrons. The summed E-state index contributed by atoms with van der Waals surface area (Å²) in [6.07, 6.45) is -7.78. The van der Waals surface area contributed by atoms with Gasteiger partial charge in [0.05, 0.1) is 6.61 Å². The van der Waals surface area contributed by atoms with Crippen LogP contribution in [0.5, 0.6) is 0 Å². The first-order valence-electron chi connectivity index (χ1n) is 4.50. The fraction of sp³-hybridized carbons (Fsp3) is 0.625. The first-order valence-corrected chi connectivity index (χ1v) is 4.50. The van der Waals surface area contributed by atoms with Gasteiger partial charge in [0.1, 0.15) is 6.10 Å². The van der Waals surface area contributed by atoms with Crippen LogP contribution in [0.4, 0.5) is 0 Å². The number of rotatable bonds is 2. The molecule has 9 heteroatoms. The minimum absolute atomic E-state index is 0.932. The van der Waals surface area contributed by atoms with Crippen molar-refractivity contribution in [1.29, 1.82) is 0 Å². The second kappa shape index (κ2) is 4.74. The Balaban J connectivity index is 3.11. The lowest BCUT2D eigenvalue weighted by Crippen LogP contribution is -2.59. The first kappa shape index (κ1) is 14.1. The van der Waals surface area contributed by atoms with Gasteiger partial charge in [-0.3, -0.25) is 0 Å². The molecule has 3 atom stereocenters. The highest BCUT2D eigenvalue weighted by atomic mass is 16.7. The summed E-state index contributed by atoms with van der Waals surface area (Å²) < 4.78 is 4.34. The van der Waals surface area contributed by atoms with Crippen LogP contribution in [0, 0.1) is 6.29 Å². The molecule has 1 heterocycles. The molecule has 1 aliphatic rings. The van der Waals surface area contributed by atoms with Crippen molar-refractivity contribution in [3.05, 3.63) is 17.8 Å². The Kier molecular flexibility index (Phi) is 3.94. The fourth-order valence-electron chi connectivity index (χ4n) is 1.19. The quantitative estimate of drug-likeness (QED) is 0.183. The summed E-state index contributed by atoms with van der Waals surface area (Å²) in [6.45, 7) is -0.932. The van der Waals surface area contributed by atoms with Crippen LogP contribution in [0.3, 0.4) is 0 Å². The monoisotopic (exact) mass is 253 g/mol. The lowest BCUT2D eigenvalue weighted by atomic mass is 9.97. The zero-order chi connectivity index (χ0) is 13.4. The minimum atomic E-state index is -3.21. The third kappa shape index (κ3) is 2.35. The Labute approximate surface area is 95.1 Å². The molecule has 1 aliphatic heterocycles. The molecule has 17 heavy (non-hydrogen) atoms. The van der Waals surface area contributed by atoms with Gasteiger partial charge in [0, 0.05) is 0 Å². The van der Waals surface area contributed by atoms with E-state index < -0.39 is 48.5 Å². The van der Waals surface area contributed by atoms with Gasteiger partial charge in [-0.2, -0.15) is 0 Å². The number of aliphatic hydroxyl groups excluding tert-OH is 6. The van der Waals surface area contributed by atoms with Crippen molar-refractivity contribution in [3.63, 3.8) is 0 Å². The van der Waals surface area contributed by atoms with Crippen LogP contribution in [-0.2, 0) is 4.74 Å². The van der Waals surface area contributed by atoms with Crippen molar-refractivity contribution in [2.24, 2.45) is 0 Å². The van der Waals surface area contributed by atoms with Gasteiger partial charge in [-0.05, 0) is 0 Å². The molecule has 0 aliphatic carbocycles. The van der Waals surface area contributed by atoms with E-state index in [-0.39, 0.29) is 0 Å². The second-order valence-electron chi connectivity index (χ2n) is 3.48. The van der Waals surface area contributed by atoms with Crippen molar-refractivity contribution in [2.45, 2.75) is 24.1 Å². The van der Waals surface area contributed by atoms with Crippen molar-refractivity contribution in [2.75, 3.05) is 6.61 Å². The van der Waals surface area contributed by atoms with E-state index in [1.807, 2.05) is 0 Å². The Bertz CT molecular complexity index is 312. The van der Waals surface area contributed by atoms with Crippen molar-refractivity contribution in [1.82, 2.24) is 0 Å². The molecule has 0 aromatic rings. The van der Waals surface area contributed by atoms with Crippen LogP contribution in [0.25, 0.3) is 0 Å². The Morgan fingerprint density at radius 3 is 2.29 bits per heavy atom. The van der Waals surface area contributed by atoms with E-state index >= 15 is 0 Å². The molecule has 1 rings (SSSR count). The van der Waals surface area contributed by atoms with E-state index in [9.17, 15) is 20.4 Å². The van der Waals surface area contributed by atoms with Crippen LogP contribution >= 0.6 is 0 Å². The molecule has 1 fully saturated rings. The van der Waals surface area contributed by atoms with E-state index in [2.05, 4.69) is 4.74 Å². The maximum atomic E-state index is 9.38. The van der Waals surface area contributed by atoms with Crippen molar-refractivity contribution in [3.8, 4) is 0 Å². The molecule has 0 aromatic carbocycles. The number of aliphatic hydroxyl groups is 8. The molecule has 99 valence electrons. The predicted molar refractivity (Wildman–Crippen MR) is 48.2 cm³/mol. The number of ether oxygens (including phenoxy) is 1. The van der Waals surface area contributed by atoms with Gasteiger partial charge in [0.25, 0.3) is 0 Å². The van der Waals surface area contributed by atoms with Gasteiger partial charge in [-0.25, -0.2) is 0 Å². The highest BCUT2D eigenvalue weighted by molar-refractivity contribution is 5.19. The number of hydrogen-bond donors (Lipinski definition) is 8. The summed E-state index contributed by atoms with van der Waals surface area (Å²) in [6, 6.07) is 0. The molecule has 9 nitrogen and oxygen atoms in total. The van der Waals surface area contributed by atoms with Crippen LogP contribution in [0.15, 0.2) is 11.5 Å². The molecule has 0 bridgehead atoms. The third-order valence-electron chi connectivity index (χ3n) is 2.24. The molecule has 3 unspecified atom stereocenters. The van der Waals surface area contributed by atoms with Crippen LogP contribution in [-0.4, -0.2) is 71.6 Å². The number of hydrogen-bond acceptors (Lipinski definition) is 9. The average Bonchev–Trinajstić information content (AvgIpc) is 2.30. The zero-order valence-corrected chi connectivity index (χ0v) is 8.43. The van der Waals surface area contributed by atoms with E-state index in [1.165, 1.54) is 0 Å². The van der Waals surface area contributed by atoms with E-state index in [0.717, 1.165) is 0 Å². The van der Waals surface area contributed by atoms with Gasteiger partial charge < -0.3 is 45.6 Å². The summed E-state index contributed by atoms with van der Waals surface area (Å²) in [5.74, 6) is -5.30. The molecule has 1 saturated heterocycles. The SMILES string of the molecule is OCC(O)/C(O)=C1/O[C](O)C(O)C(O)(O)C1O. The lowest BCUT2D eigenvalue weighted by Gasteiger charge is -2.39. The van der Waals surface area contributed by atoms with Crippen molar-refractivity contribution < 1.29 is 45.6 Å². The Morgan fingerprint density at radius 2 is 1.82 bits per heavy atom. The van der Waals surface area contributed by atoms with Gasteiger partial charge in [-0.15, -0.1) is 0 Å². The van der Waals surface area contributed by atoms with E-state index in [4.69, 9.17) is 20.4 Å². The fourth-order valence-corrected chi connectivity index (χ4v) is 1.19. The summed E-state index contributed by atoms with van der Waals surface area (Å²) in [5, 5.41) is 72.9. The molecule has 0 amide bonds. The Morgan fingerprint density at radius 1 is 1.29 bits per heavy atom. The van der Waals surface area contributed by atoms with Gasteiger partial charge >= 0.3 is 6.29 Å². The maximum Gasteiger partial charge on any atom is 0.309 e. The van der Waals surface area contributed by atoms with E-state index in [0.29, 0.717) is 0 Å². The molecular formula is C8H13O9. The highest BCUT2D eigenvalue weighted by Gasteiger charge is 2.55. The third-order valence-corrected chi connectivity index (χ3v) is 2.24. The van der Waals surface area contributed by atoms with Gasteiger partial charge in [0.2, 0.25) is 5.79 Å². The van der Waals surface area contributed by atoms with Crippen LogP contribution < -0.4 is 0 Å². The highest BCUT2D eigenvalue weighted by Crippen LogP contribution is 2.34. The lowest BCUT2D eigenvalue weighted by molar-refractivity contribution is -0.313. The van der Waals surface area contributed by atoms with Crippen LogP contribution in [0.2, 0.25) is 0 Å².